The maximum absolute atomic E-state index is 10.6. The molecule has 2 fully saturated rings. The molecular formula is C16H21N3O3. The average molecular weight is 303 g/mol. The van der Waals surface area contributed by atoms with Crippen LogP contribution in [0.5, 0.6) is 0 Å². The second kappa shape index (κ2) is 8.55. The third-order valence-electron chi connectivity index (χ3n) is 5.07. The molecule has 0 aromatic rings. The van der Waals surface area contributed by atoms with Crippen LogP contribution in [0.4, 0.5) is 0 Å². The molecule has 0 heterocycles. The predicted octanol–water partition coefficient (Wildman–Crippen LogP) is 2.48. The fraction of sp³-hybridized carbons (Fsp3) is 0.812. The van der Waals surface area contributed by atoms with Gasteiger partial charge in [0.05, 0.1) is 18.1 Å². The Morgan fingerprint density at radius 2 is 1.32 bits per heavy atom. The first-order valence-corrected chi connectivity index (χ1v) is 7.97. The van der Waals surface area contributed by atoms with Gasteiger partial charge < -0.3 is 0 Å². The Labute approximate surface area is 129 Å². The predicted molar refractivity (Wildman–Crippen MR) is 79.6 cm³/mol. The van der Waals surface area contributed by atoms with Gasteiger partial charge in [-0.25, -0.2) is 29.4 Å². The Hall–Kier alpha value is -1.86. The molecule has 2 aliphatic rings. The molecule has 0 aromatic carbocycles. The van der Waals surface area contributed by atoms with Gasteiger partial charge in [0, 0.05) is 0 Å². The minimum Gasteiger partial charge on any atom is -0.211 e. The molecule has 6 heteroatoms. The molecule has 0 saturated heterocycles. The van der Waals surface area contributed by atoms with Crippen molar-refractivity contribution in [3.63, 3.8) is 0 Å². The van der Waals surface area contributed by atoms with Crippen molar-refractivity contribution in [2.45, 2.75) is 69.5 Å². The highest BCUT2D eigenvalue weighted by Gasteiger charge is 2.33. The lowest BCUT2D eigenvalue weighted by Gasteiger charge is -2.35. The van der Waals surface area contributed by atoms with Gasteiger partial charge >= 0.3 is 0 Å². The highest BCUT2D eigenvalue weighted by Crippen LogP contribution is 2.37. The van der Waals surface area contributed by atoms with Crippen LogP contribution in [0.2, 0.25) is 0 Å². The molecular weight excluding hydrogens is 282 g/mol. The van der Waals surface area contributed by atoms with Gasteiger partial charge in [0.1, 0.15) is 0 Å². The normalized spacial score (nSPS) is 34.6. The van der Waals surface area contributed by atoms with E-state index in [-0.39, 0.29) is 18.1 Å². The average Bonchev–Trinajstić information content (AvgIpc) is 2.52. The number of nitrogens with zero attached hydrogens (tertiary/aromatic N) is 3. The van der Waals surface area contributed by atoms with Crippen molar-refractivity contribution in [1.82, 2.24) is 0 Å². The van der Waals surface area contributed by atoms with Crippen LogP contribution in [0.15, 0.2) is 15.0 Å². The molecule has 2 rings (SSSR count). The van der Waals surface area contributed by atoms with Crippen LogP contribution in [-0.2, 0) is 14.4 Å². The van der Waals surface area contributed by atoms with Gasteiger partial charge in [-0.3, -0.25) is 0 Å². The number of hydrogen-bond acceptors (Lipinski definition) is 6. The van der Waals surface area contributed by atoms with E-state index in [1.54, 1.807) is 18.2 Å². The van der Waals surface area contributed by atoms with Crippen molar-refractivity contribution >= 4 is 18.2 Å². The zero-order valence-corrected chi connectivity index (χ0v) is 12.6. The van der Waals surface area contributed by atoms with Gasteiger partial charge in [0.15, 0.2) is 0 Å². The summed E-state index contributed by atoms with van der Waals surface area (Å²) in [5, 5.41) is 0. The molecule has 2 aliphatic carbocycles. The molecule has 6 nitrogen and oxygen atoms in total. The molecule has 2 saturated carbocycles. The first-order chi connectivity index (χ1) is 10.8. The molecule has 3 unspecified atom stereocenters. The second-order valence-corrected chi connectivity index (χ2v) is 6.37. The van der Waals surface area contributed by atoms with E-state index in [1.165, 1.54) is 0 Å². The number of hydrogen-bond donors (Lipinski definition) is 0. The van der Waals surface area contributed by atoms with Crippen LogP contribution in [0.3, 0.4) is 0 Å². The minimum absolute atomic E-state index is 0.0616. The van der Waals surface area contributed by atoms with Gasteiger partial charge in [-0.1, -0.05) is 0 Å². The fourth-order valence-corrected chi connectivity index (χ4v) is 3.89. The Kier molecular flexibility index (Phi) is 6.42. The second-order valence-electron chi connectivity index (χ2n) is 6.37. The van der Waals surface area contributed by atoms with Gasteiger partial charge in [-0.15, -0.1) is 0 Å². The van der Waals surface area contributed by atoms with Crippen LogP contribution < -0.4 is 0 Å². The van der Waals surface area contributed by atoms with Crippen LogP contribution in [0, 0.1) is 11.8 Å². The first-order valence-electron chi connectivity index (χ1n) is 7.97. The molecule has 3 atom stereocenters. The maximum atomic E-state index is 10.6. The molecule has 0 aromatic heterocycles. The lowest BCUT2D eigenvalue weighted by Crippen LogP contribution is -2.32. The van der Waals surface area contributed by atoms with Gasteiger partial charge in [-0.2, -0.15) is 0 Å². The summed E-state index contributed by atoms with van der Waals surface area (Å²) < 4.78 is 0. The zero-order chi connectivity index (χ0) is 15.8. The van der Waals surface area contributed by atoms with Crippen molar-refractivity contribution < 1.29 is 14.4 Å². The van der Waals surface area contributed by atoms with Crippen molar-refractivity contribution in [1.29, 1.82) is 0 Å². The van der Waals surface area contributed by atoms with Gasteiger partial charge in [0.2, 0.25) is 18.2 Å². The van der Waals surface area contributed by atoms with E-state index in [2.05, 4.69) is 15.0 Å². The van der Waals surface area contributed by atoms with E-state index in [0.29, 0.717) is 18.3 Å². The minimum atomic E-state index is -0.0842. The third-order valence-corrected chi connectivity index (χ3v) is 5.07. The summed E-state index contributed by atoms with van der Waals surface area (Å²) in [5.41, 5.74) is 0. The summed E-state index contributed by atoms with van der Waals surface area (Å²) in [6.07, 6.45) is 12.4. The lowest BCUT2D eigenvalue weighted by atomic mass is 9.73. The van der Waals surface area contributed by atoms with Crippen molar-refractivity contribution in [3.05, 3.63) is 0 Å². The molecule has 118 valence electrons. The van der Waals surface area contributed by atoms with Crippen molar-refractivity contribution in [3.8, 4) is 0 Å². The van der Waals surface area contributed by atoms with Crippen LogP contribution >= 0.6 is 0 Å². The van der Waals surface area contributed by atoms with Crippen LogP contribution in [-0.4, -0.2) is 36.4 Å². The zero-order valence-electron chi connectivity index (χ0n) is 12.6. The summed E-state index contributed by atoms with van der Waals surface area (Å²) in [5.74, 6) is 0.953. The topological polar surface area (TPSA) is 88.3 Å². The summed E-state index contributed by atoms with van der Waals surface area (Å²) >= 11 is 0. The van der Waals surface area contributed by atoms with Crippen LogP contribution in [0.25, 0.3) is 0 Å². The van der Waals surface area contributed by atoms with E-state index < -0.39 is 0 Å². The smallest absolute Gasteiger partial charge is 0.211 e. The van der Waals surface area contributed by atoms with Crippen LogP contribution in [0.1, 0.15) is 51.4 Å². The van der Waals surface area contributed by atoms with E-state index in [4.69, 9.17) is 0 Å². The summed E-state index contributed by atoms with van der Waals surface area (Å²) in [7, 11) is 0. The summed E-state index contributed by atoms with van der Waals surface area (Å²) in [6, 6.07) is -0.0113. The highest BCUT2D eigenvalue weighted by atomic mass is 16.1. The summed E-state index contributed by atoms with van der Waals surface area (Å²) in [6.45, 7) is 0. The largest absolute Gasteiger partial charge is 0.235 e. The Morgan fingerprint density at radius 3 is 1.95 bits per heavy atom. The SMILES string of the molecule is O=C=NC1CCC(CC2CCC(N=C=O)CC2N=C=O)CC1. The number of carbonyl (C=O) groups excluding carboxylic acids is 3. The van der Waals surface area contributed by atoms with E-state index in [1.807, 2.05) is 0 Å². The monoisotopic (exact) mass is 303 g/mol. The molecule has 0 spiro atoms. The molecule has 0 N–H and O–H groups in total. The first kappa shape index (κ1) is 16.5. The standard InChI is InChI=1S/C16H21N3O3/c20-9-17-14-4-1-12(2-5-14)7-13-3-6-15(18-10-21)8-16(13)19-11-22/h12-16H,1-8H2. The number of rotatable bonds is 5. The van der Waals surface area contributed by atoms with E-state index in [9.17, 15) is 14.4 Å². The molecule has 0 aliphatic heterocycles. The molecule has 22 heavy (non-hydrogen) atoms. The van der Waals surface area contributed by atoms with Crippen molar-refractivity contribution in [2.24, 2.45) is 26.8 Å². The van der Waals surface area contributed by atoms with Crippen molar-refractivity contribution in [2.75, 3.05) is 0 Å². The number of isocyanates is 3. The van der Waals surface area contributed by atoms with E-state index in [0.717, 1.165) is 44.9 Å². The summed E-state index contributed by atoms with van der Waals surface area (Å²) in [4.78, 5) is 42.9. The Balaban J connectivity index is 1.89. The Bertz CT molecular complexity index is 509. The molecule has 0 radical (unpaired) electrons. The van der Waals surface area contributed by atoms with Gasteiger partial charge in [-0.05, 0) is 63.2 Å². The third kappa shape index (κ3) is 4.57. The maximum Gasteiger partial charge on any atom is 0.235 e. The number of aliphatic imine (C=N–C) groups is 3. The quantitative estimate of drug-likeness (QED) is 0.577. The highest BCUT2D eigenvalue weighted by molar-refractivity contribution is 5.35. The molecule has 0 bridgehead atoms. The lowest BCUT2D eigenvalue weighted by molar-refractivity contribution is 0.204. The van der Waals surface area contributed by atoms with Gasteiger partial charge in [0.25, 0.3) is 0 Å². The van der Waals surface area contributed by atoms with E-state index >= 15 is 0 Å². The fourth-order valence-electron chi connectivity index (χ4n) is 3.89. The molecule has 0 amide bonds. The Morgan fingerprint density at radius 1 is 0.727 bits per heavy atom.